The summed E-state index contributed by atoms with van der Waals surface area (Å²) >= 11 is 6.69. The van der Waals surface area contributed by atoms with E-state index in [1.165, 1.54) is 11.8 Å². The van der Waals surface area contributed by atoms with E-state index in [0.717, 1.165) is 16.8 Å². The van der Waals surface area contributed by atoms with Gasteiger partial charge in [0, 0.05) is 12.4 Å². The van der Waals surface area contributed by atoms with Crippen LogP contribution in [0.2, 0.25) is 0 Å². The van der Waals surface area contributed by atoms with E-state index in [4.69, 9.17) is 12.2 Å². The van der Waals surface area contributed by atoms with Crippen molar-refractivity contribution in [3.05, 3.63) is 64.8 Å². The van der Waals surface area contributed by atoms with Crippen LogP contribution in [-0.2, 0) is 4.79 Å². The topological polar surface area (TPSA) is 33.2 Å². The fourth-order valence-corrected chi connectivity index (χ4v) is 3.39. The number of benzene rings is 1. The highest BCUT2D eigenvalue weighted by Crippen LogP contribution is 2.36. The molecular weight excluding hydrogens is 300 g/mol. The Kier molecular flexibility index (Phi) is 3.86. The molecular formula is C16H12N2OS2. The van der Waals surface area contributed by atoms with Crippen LogP contribution in [0.5, 0.6) is 0 Å². The van der Waals surface area contributed by atoms with Crippen LogP contribution in [0, 0.1) is 6.92 Å². The molecule has 0 aliphatic carbocycles. The molecule has 104 valence electrons. The summed E-state index contributed by atoms with van der Waals surface area (Å²) in [6, 6.07) is 11.5. The molecule has 1 aliphatic rings. The third-order valence-electron chi connectivity index (χ3n) is 3.13. The Bertz CT molecular complexity index is 741. The SMILES string of the molecule is Cc1ccccc1N1C(=O)C(=Cc2cccnc2)SC1=S. The maximum atomic E-state index is 12.6. The van der Waals surface area contributed by atoms with Crippen LogP contribution >= 0.6 is 24.0 Å². The summed E-state index contributed by atoms with van der Waals surface area (Å²) in [5, 5.41) is 0. The van der Waals surface area contributed by atoms with Crippen molar-refractivity contribution in [2.24, 2.45) is 0 Å². The van der Waals surface area contributed by atoms with E-state index in [1.807, 2.05) is 49.4 Å². The molecule has 3 nitrogen and oxygen atoms in total. The Labute approximate surface area is 132 Å². The molecule has 1 fully saturated rings. The molecule has 3 rings (SSSR count). The Morgan fingerprint density at radius 2 is 2.05 bits per heavy atom. The lowest BCUT2D eigenvalue weighted by atomic mass is 10.2. The van der Waals surface area contributed by atoms with Gasteiger partial charge in [-0.25, -0.2) is 0 Å². The van der Waals surface area contributed by atoms with E-state index >= 15 is 0 Å². The number of aryl methyl sites for hydroxylation is 1. The summed E-state index contributed by atoms with van der Waals surface area (Å²) in [7, 11) is 0. The second-order valence-electron chi connectivity index (χ2n) is 4.59. The molecule has 5 heteroatoms. The number of thioether (sulfide) groups is 1. The van der Waals surface area contributed by atoms with E-state index in [2.05, 4.69) is 4.98 Å². The quantitative estimate of drug-likeness (QED) is 0.624. The molecule has 0 radical (unpaired) electrons. The fraction of sp³-hybridized carbons (Fsp3) is 0.0625. The largest absolute Gasteiger partial charge is 0.270 e. The highest BCUT2D eigenvalue weighted by Gasteiger charge is 2.33. The molecule has 21 heavy (non-hydrogen) atoms. The number of carbonyl (C=O) groups excluding carboxylic acids is 1. The lowest BCUT2D eigenvalue weighted by molar-refractivity contribution is -0.113. The molecule has 0 unspecified atom stereocenters. The number of hydrogen-bond donors (Lipinski definition) is 0. The van der Waals surface area contributed by atoms with E-state index in [-0.39, 0.29) is 5.91 Å². The third-order valence-corrected chi connectivity index (χ3v) is 4.43. The number of anilines is 1. The van der Waals surface area contributed by atoms with Crippen molar-refractivity contribution in [2.45, 2.75) is 6.92 Å². The molecule has 0 N–H and O–H groups in total. The second kappa shape index (κ2) is 5.79. The van der Waals surface area contributed by atoms with Crippen molar-refractivity contribution in [3.63, 3.8) is 0 Å². The maximum Gasteiger partial charge on any atom is 0.270 e. The molecule has 1 amide bonds. The van der Waals surface area contributed by atoms with Crippen molar-refractivity contribution >= 4 is 46.0 Å². The van der Waals surface area contributed by atoms with Gasteiger partial charge in [0.2, 0.25) is 0 Å². The number of amides is 1. The first-order valence-electron chi connectivity index (χ1n) is 6.40. The van der Waals surface area contributed by atoms with Gasteiger partial charge >= 0.3 is 0 Å². The van der Waals surface area contributed by atoms with Crippen molar-refractivity contribution in [2.75, 3.05) is 4.90 Å². The van der Waals surface area contributed by atoms with Crippen LogP contribution in [0.1, 0.15) is 11.1 Å². The number of pyridine rings is 1. The van der Waals surface area contributed by atoms with Gasteiger partial charge in [-0.3, -0.25) is 14.7 Å². The van der Waals surface area contributed by atoms with Crippen molar-refractivity contribution in [3.8, 4) is 0 Å². The molecule has 0 saturated carbocycles. The first-order valence-corrected chi connectivity index (χ1v) is 7.63. The zero-order valence-corrected chi connectivity index (χ0v) is 12.9. The average molecular weight is 312 g/mol. The van der Waals surface area contributed by atoms with Crippen LogP contribution in [0.15, 0.2) is 53.7 Å². The van der Waals surface area contributed by atoms with Gasteiger partial charge in [-0.15, -0.1) is 0 Å². The summed E-state index contributed by atoms with van der Waals surface area (Å²) in [6.07, 6.45) is 5.25. The molecule has 2 aromatic rings. The van der Waals surface area contributed by atoms with Gasteiger partial charge in [0.05, 0.1) is 10.6 Å². The number of aromatic nitrogens is 1. The summed E-state index contributed by atoms with van der Waals surface area (Å²) in [6.45, 7) is 1.97. The third kappa shape index (κ3) is 2.75. The van der Waals surface area contributed by atoms with Crippen LogP contribution in [0.4, 0.5) is 5.69 Å². The summed E-state index contributed by atoms with van der Waals surface area (Å²) in [5.74, 6) is -0.0804. The molecule has 2 heterocycles. The molecule has 0 spiro atoms. The first-order chi connectivity index (χ1) is 10.2. The Morgan fingerprint density at radius 1 is 1.24 bits per heavy atom. The standard InChI is InChI=1S/C16H12N2OS2/c1-11-5-2-3-7-13(11)18-15(19)14(21-16(18)20)9-12-6-4-8-17-10-12/h2-10H,1H3. The van der Waals surface area contributed by atoms with Gasteiger partial charge in [-0.05, 0) is 36.3 Å². The van der Waals surface area contributed by atoms with E-state index in [0.29, 0.717) is 9.23 Å². The Morgan fingerprint density at radius 3 is 2.76 bits per heavy atom. The lowest BCUT2D eigenvalue weighted by Gasteiger charge is -2.16. The minimum absolute atomic E-state index is 0.0804. The summed E-state index contributed by atoms with van der Waals surface area (Å²) < 4.78 is 0.560. The van der Waals surface area contributed by atoms with Gasteiger partial charge in [0.1, 0.15) is 0 Å². The number of rotatable bonds is 2. The zero-order chi connectivity index (χ0) is 14.8. The van der Waals surface area contributed by atoms with Crippen molar-refractivity contribution in [1.82, 2.24) is 4.98 Å². The fourth-order valence-electron chi connectivity index (χ4n) is 2.10. The van der Waals surface area contributed by atoms with Gasteiger partial charge in [-0.1, -0.05) is 48.2 Å². The minimum Gasteiger partial charge on any atom is -0.268 e. The van der Waals surface area contributed by atoms with Gasteiger partial charge in [-0.2, -0.15) is 0 Å². The number of hydrogen-bond acceptors (Lipinski definition) is 4. The van der Waals surface area contributed by atoms with Gasteiger partial charge in [0.25, 0.3) is 5.91 Å². The monoisotopic (exact) mass is 312 g/mol. The zero-order valence-electron chi connectivity index (χ0n) is 11.3. The molecule has 1 aromatic heterocycles. The summed E-state index contributed by atoms with van der Waals surface area (Å²) in [5.41, 5.74) is 2.76. The van der Waals surface area contributed by atoms with Gasteiger partial charge in [0.15, 0.2) is 4.32 Å². The normalized spacial score (nSPS) is 16.8. The summed E-state index contributed by atoms with van der Waals surface area (Å²) in [4.78, 5) is 18.9. The van der Waals surface area contributed by atoms with E-state index < -0.39 is 0 Å². The van der Waals surface area contributed by atoms with Crippen molar-refractivity contribution in [1.29, 1.82) is 0 Å². The Balaban J connectivity index is 1.97. The molecule has 1 aromatic carbocycles. The number of carbonyl (C=O) groups is 1. The van der Waals surface area contributed by atoms with Gasteiger partial charge < -0.3 is 0 Å². The van der Waals surface area contributed by atoms with Crippen LogP contribution in [0.3, 0.4) is 0 Å². The number of nitrogens with zero attached hydrogens (tertiary/aromatic N) is 2. The van der Waals surface area contributed by atoms with E-state index in [9.17, 15) is 4.79 Å². The molecule has 0 atom stereocenters. The van der Waals surface area contributed by atoms with Crippen molar-refractivity contribution < 1.29 is 4.79 Å². The number of para-hydroxylation sites is 1. The predicted molar refractivity (Wildman–Crippen MR) is 91.1 cm³/mol. The highest BCUT2D eigenvalue weighted by atomic mass is 32.2. The molecule has 1 saturated heterocycles. The molecule has 1 aliphatic heterocycles. The Hall–Kier alpha value is -1.98. The average Bonchev–Trinajstić information content (AvgIpc) is 2.76. The lowest BCUT2D eigenvalue weighted by Crippen LogP contribution is -2.28. The van der Waals surface area contributed by atoms with Crippen LogP contribution < -0.4 is 4.90 Å². The van der Waals surface area contributed by atoms with E-state index in [1.54, 1.807) is 17.3 Å². The second-order valence-corrected chi connectivity index (χ2v) is 6.27. The smallest absolute Gasteiger partial charge is 0.268 e. The first kappa shape index (κ1) is 14.0. The highest BCUT2D eigenvalue weighted by molar-refractivity contribution is 8.27. The maximum absolute atomic E-state index is 12.6. The van der Waals surface area contributed by atoms with Crippen LogP contribution in [0.25, 0.3) is 6.08 Å². The predicted octanol–water partition coefficient (Wildman–Crippen LogP) is 3.80. The molecule has 0 bridgehead atoms. The number of thiocarbonyl (C=S) groups is 1. The minimum atomic E-state index is -0.0804. The van der Waals surface area contributed by atoms with Crippen LogP contribution in [-0.4, -0.2) is 15.2 Å².